The molecule has 9 heavy (non-hydrogen) atoms. The summed E-state index contributed by atoms with van der Waals surface area (Å²) in [6.07, 6.45) is 1.70. The Morgan fingerprint density at radius 2 is 2.33 bits per heavy atom. The SMILES string of the molecule is Bc1ccc(OC)cn1. The summed E-state index contributed by atoms with van der Waals surface area (Å²) in [4.78, 5) is 4.02. The Morgan fingerprint density at radius 1 is 1.56 bits per heavy atom. The molecule has 0 aliphatic carbocycles. The predicted molar refractivity (Wildman–Crippen MR) is 39.0 cm³/mol. The Hall–Kier alpha value is -0.985. The fourth-order valence-electron chi connectivity index (χ4n) is 0.575. The van der Waals surface area contributed by atoms with Gasteiger partial charge in [0.1, 0.15) is 5.75 Å². The molecule has 0 fully saturated rings. The van der Waals surface area contributed by atoms with Crippen molar-refractivity contribution in [2.24, 2.45) is 0 Å². The number of hydrogen-bond acceptors (Lipinski definition) is 2. The summed E-state index contributed by atoms with van der Waals surface area (Å²) >= 11 is 0. The summed E-state index contributed by atoms with van der Waals surface area (Å²) in [5.41, 5.74) is 1.01. The van der Waals surface area contributed by atoms with Crippen molar-refractivity contribution in [2.75, 3.05) is 7.11 Å². The number of rotatable bonds is 1. The Bertz CT molecular complexity index is 185. The standard InChI is InChI=1S/C6H8BNO/c1-9-5-2-3-6(7)8-4-5/h2-4H,7H2,1H3. The van der Waals surface area contributed by atoms with Crippen LogP contribution in [0.1, 0.15) is 0 Å². The third kappa shape index (κ3) is 1.45. The maximum Gasteiger partial charge on any atom is 0.163 e. The van der Waals surface area contributed by atoms with E-state index in [1.54, 1.807) is 13.3 Å². The van der Waals surface area contributed by atoms with Crippen LogP contribution >= 0.6 is 0 Å². The van der Waals surface area contributed by atoms with Gasteiger partial charge in [-0.15, -0.1) is 0 Å². The maximum atomic E-state index is 4.91. The molecule has 3 heteroatoms. The van der Waals surface area contributed by atoms with Gasteiger partial charge < -0.3 is 4.74 Å². The number of hydrogen-bond donors (Lipinski definition) is 0. The minimum atomic E-state index is 0.806. The third-order valence-corrected chi connectivity index (χ3v) is 1.12. The lowest BCUT2D eigenvalue weighted by atomic mass is 10.0. The van der Waals surface area contributed by atoms with Crippen LogP contribution < -0.4 is 10.3 Å². The van der Waals surface area contributed by atoms with E-state index in [4.69, 9.17) is 4.74 Å². The first-order chi connectivity index (χ1) is 4.33. The van der Waals surface area contributed by atoms with Gasteiger partial charge in [-0.3, -0.25) is 4.98 Å². The minimum absolute atomic E-state index is 0.806. The molecule has 0 amide bonds. The number of pyridine rings is 1. The minimum Gasteiger partial charge on any atom is -0.495 e. The predicted octanol–water partition coefficient (Wildman–Crippen LogP) is -0.651. The van der Waals surface area contributed by atoms with Gasteiger partial charge in [-0.25, -0.2) is 0 Å². The van der Waals surface area contributed by atoms with Crippen LogP contribution in [0, 0.1) is 0 Å². The van der Waals surface area contributed by atoms with Crippen molar-refractivity contribution in [3.8, 4) is 5.75 Å². The molecular weight excluding hydrogens is 113 g/mol. The highest BCUT2D eigenvalue weighted by Gasteiger charge is 1.86. The largest absolute Gasteiger partial charge is 0.495 e. The van der Waals surface area contributed by atoms with Crippen LogP contribution in [0.2, 0.25) is 0 Å². The van der Waals surface area contributed by atoms with Crippen molar-refractivity contribution in [3.05, 3.63) is 18.3 Å². The van der Waals surface area contributed by atoms with Gasteiger partial charge in [0.15, 0.2) is 7.85 Å². The van der Waals surface area contributed by atoms with E-state index in [1.165, 1.54) is 0 Å². The normalized spacial score (nSPS) is 9.00. The van der Waals surface area contributed by atoms with E-state index < -0.39 is 0 Å². The molecule has 0 N–H and O–H groups in total. The number of ether oxygens (including phenoxy) is 1. The van der Waals surface area contributed by atoms with Crippen molar-refractivity contribution in [3.63, 3.8) is 0 Å². The Labute approximate surface area is 55.3 Å². The second kappa shape index (κ2) is 2.53. The van der Waals surface area contributed by atoms with E-state index in [-0.39, 0.29) is 0 Å². The first-order valence-electron chi connectivity index (χ1n) is 2.79. The van der Waals surface area contributed by atoms with E-state index >= 15 is 0 Å². The highest BCUT2D eigenvalue weighted by Crippen LogP contribution is 2.01. The smallest absolute Gasteiger partial charge is 0.163 e. The quantitative estimate of drug-likeness (QED) is 0.460. The number of methoxy groups -OCH3 is 1. The molecular formula is C6H8BNO. The molecule has 0 aliphatic rings. The lowest BCUT2D eigenvalue weighted by Crippen LogP contribution is -2.05. The molecule has 0 radical (unpaired) electrons. The van der Waals surface area contributed by atoms with E-state index in [1.807, 2.05) is 20.0 Å². The Kier molecular flexibility index (Phi) is 1.73. The Morgan fingerprint density at radius 3 is 2.78 bits per heavy atom. The van der Waals surface area contributed by atoms with Crippen LogP contribution in [0.25, 0.3) is 0 Å². The van der Waals surface area contributed by atoms with E-state index in [0.717, 1.165) is 11.3 Å². The third-order valence-electron chi connectivity index (χ3n) is 1.12. The van der Waals surface area contributed by atoms with Gasteiger partial charge in [0.2, 0.25) is 0 Å². The molecule has 0 saturated carbocycles. The highest BCUT2D eigenvalue weighted by molar-refractivity contribution is 6.30. The van der Waals surface area contributed by atoms with Gasteiger partial charge in [0.25, 0.3) is 0 Å². The first-order valence-corrected chi connectivity index (χ1v) is 2.79. The molecule has 1 rings (SSSR count). The summed E-state index contributed by atoms with van der Waals surface area (Å²) in [6.45, 7) is 0. The van der Waals surface area contributed by atoms with Crippen molar-refractivity contribution in [1.29, 1.82) is 0 Å². The fourth-order valence-corrected chi connectivity index (χ4v) is 0.575. The van der Waals surface area contributed by atoms with Crippen molar-refractivity contribution in [1.82, 2.24) is 4.98 Å². The van der Waals surface area contributed by atoms with E-state index in [9.17, 15) is 0 Å². The van der Waals surface area contributed by atoms with Crippen LogP contribution in [0.4, 0.5) is 0 Å². The van der Waals surface area contributed by atoms with Crippen molar-refractivity contribution < 1.29 is 4.74 Å². The number of aromatic nitrogens is 1. The summed E-state index contributed by atoms with van der Waals surface area (Å²) < 4.78 is 4.91. The molecule has 0 aromatic carbocycles. The fraction of sp³-hybridized carbons (Fsp3) is 0.167. The van der Waals surface area contributed by atoms with Gasteiger partial charge in [0, 0.05) is 0 Å². The van der Waals surface area contributed by atoms with Crippen molar-refractivity contribution in [2.45, 2.75) is 0 Å². The number of nitrogens with zero attached hydrogens (tertiary/aromatic N) is 1. The zero-order valence-corrected chi connectivity index (χ0v) is 5.59. The molecule has 46 valence electrons. The summed E-state index contributed by atoms with van der Waals surface area (Å²) in [6, 6.07) is 3.81. The topological polar surface area (TPSA) is 22.1 Å². The molecule has 0 unspecified atom stereocenters. The average Bonchev–Trinajstić information content (AvgIpc) is 1.90. The maximum absolute atomic E-state index is 4.91. The van der Waals surface area contributed by atoms with Crippen molar-refractivity contribution >= 4 is 13.4 Å². The van der Waals surface area contributed by atoms with Crippen LogP contribution in [-0.4, -0.2) is 19.9 Å². The van der Waals surface area contributed by atoms with Crippen LogP contribution in [0.15, 0.2) is 18.3 Å². The van der Waals surface area contributed by atoms with Gasteiger partial charge >= 0.3 is 0 Å². The van der Waals surface area contributed by atoms with Crippen LogP contribution in [0.3, 0.4) is 0 Å². The second-order valence-electron chi connectivity index (χ2n) is 1.84. The van der Waals surface area contributed by atoms with Crippen LogP contribution in [-0.2, 0) is 0 Å². The van der Waals surface area contributed by atoms with Gasteiger partial charge in [-0.05, 0) is 17.7 Å². The monoisotopic (exact) mass is 121 g/mol. The van der Waals surface area contributed by atoms with Crippen LogP contribution in [0.5, 0.6) is 5.75 Å². The zero-order valence-electron chi connectivity index (χ0n) is 5.59. The molecule has 0 saturated heterocycles. The lowest BCUT2D eigenvalue weighted by molar-refractivity contribution is 0.413. The molecule has 0 aliphatic heterocycles. The van der Waals surface area contributed by atoms with Gasteiger partial charge in [-0.1, -0.05) is 0 Å². The van der Waals surface area contributed by atoms with E-state index in [0.29, 0.717) is 0 Å². The molecule has 1 aromatic heterocycles. The van der Waals surface area contributed by atoms with Gasteiger partial charge in [0.05, 0.1) is 13.3 Å². The summed E-state index contributed by atoms with van der Waals surface area (Å²) in [5.74, 6) is 0.806. The molecule has 1 aromatic rings. The zero-order chi connectivity index (χ0) is 6.69. The molecule has 1 heterocycles. The van der Waals surface area contributed by atoms with Gasteiger partial charge in [-0.2, -0.15) is 0 Å². The van der Waals surface area contributed by atoms with E-state index in [2.05, 4.69) is 4.98 Å². The molecule has 0 spiro atoms. The average molecular weight is 121 g/mol. The molecule has 0 atom stereocenters. The Balaban J connectivity index is 2.88. The highest BCUT2D eigenvalue weighted by atomic mass is 16.5. The second-order valence-corrected chi connectivity index (χ2v) is 1.84. The summed E-state index contributed by atoms with van der Waals surface area (Å²) in [7, 11) is 3.58. The first kappa shape index (κ1) is 6.14. The summed E-state index contributed by atoms with van der Waals surface area (Å²) in [5, 5.41) is 0. The molecule has 2 nitrogen and oxygen atoms in total. The molecule has 0 bridgehead atoms. The lowest BCUT2D eigenvalue weighted by Gasteiger charge is -1.96.